The Bertz CT molecular complexity index is 596. The molecule has 1 aromatic carbocycles. The zero-order valence-corrected chi connectivity index (χ0v) is 16.4. The van der Waals surface area contributed by atoms with Crippen LogP contribution >= 0.6 is 0 Å². The van der Waals surface area contributed by atoms with Gasteiger partial charge in [0, 0.05) is 12.8 Å². The summed E-state index contributed by atoms with van der Waals surface area (Å²) in [6.07, 6.45) is 2.74. The van der Waals surface area contributed by atoms with E-state index >= 15 is 0 Å². The highest BCUT2D eigenvalue weighted by Crippen LogP contribution is 2.21. The van der Waals surface area contributed by atoms with Crippen LogP contribution in [0.15, 0.2) is 24.3 Å². The molecule has 0 aliphatic carbocycles. The quantitative estimate of drug-likeness (QED) is 0.309. The third-order valence-corrected chi connectivity index (χ3v) is 4.24. The van der Waals surface area contributed by atoms with Gasteiger partial charge in [-0.15, -0.1) is 0 Å². The molecule has 0 amide bonds. The highest BCUT2D eigenvalue weighted by Gasteiger charge is 2.32. The first-order valence-corrected chi connectivity index (χ1v) is 9.45. The highest BCUT2D eigenvalue weighted by molar-refractivity contribution is 5.95. The normalized spacial score (nSPS) is 15.4. The lowest BCUT2D eigenvalue weighted by Crippen LogP contribution is -2.39. The third-order valence-electron chi connectivity index (χ3n) is 4.24. The summed E-state index contributed by atoms with van der Waals surface area (Å²) in [5.74, 6) is -5.82. The summed E-state index contributed by atoms with van der Waals surface area (Å²) in [6.45, 7) is 2.29. The van der Waals surface area contributed by atoms with E-state index in [1.807, 2.05) is 13.8 Å². The van der Waals surface area contributed by atoms with Crippen LogP contribution in [0.3, 0.4) is 0 Å². The molecular weight excluding hydrogens is 368 g/mol. The predicted octanol–water partition coefficient (Wildman–Crippen LogP) is 1.74. The van der Waals surface area contributed by atoms with Crippen molar-refractivity contribution in [1.29, 1.82) is 0 Å². The summed E-state index contributed by atoms with van der Waals surface area (Å²) in [5, 5.41) is 39.0. The number of aliphatic hydroxyl groups is 4. The smallest absolute Gasteiger partial charge is 0.340 e. The number of carbonyl (C=O) groups is 2. The van der Waals surface area contributed by atoms with Gasteiger partial charge >= 0.3 is 11.9 Å². The molecule has 1 rings (SSSR count). The molecule has 0 radical (unpaired) electrons. The molecule has 0 heterocycles. The van der Waals surface area contributed by atoms with Crippen molar-refractivity contribution in [3.8, 4) is 0 Å². The van der Waals surface area contributed by atoms with Gasteiger partial charge in [0.15, 0.2) is 0 Å². The molecule has 28 heavy (non-hydrogen) atoms. The van der Waals surface area contributed by atoms with E-state index in [9.17, 15) is 30.0 Å². The van der Waals surface area contributed by atoms with Gasteiger partial charge in [-0.25, -0.2) is 9.59 Å². The van der Waals surface area contributed by atoms with Gasteiger partial charge in [-0.3, -0.25) is 0 Å². The number of benzene rings is 1. The second-order valence-electron chi connectivity index (χ2n) is 6.78. The van der Waals surface area contributed by atoms with Crippen LogP contribution in [0.25, 0.3) is 0 Å². The SMILES string of the molecule is CCCCC(O)(CO)OC(=O)c1cccc(C(=O)OC(O)(CO)CCCC)c1. The Balaban J connectivity index is 2.90. The highest BCUT2D eigenvalue weighted by atomic mass is 16.7. The first-order valence-electron chi connectivity index (χ1n) is 9.45. The van der Waals surface area contributed by atoms with Crippen molar-refractivity contribution in [2.45, 2.75) is 63.9 Å². The van der Waals surface area contributed by atoms with Gasteiger partial charge in [-0.05, 0) is 31.0 Å². The predicted molar refractivity (Wildman–Crippen MR) is 100 cm³/mol. The van der Waals surface area contributed by atoms with Gasteiger partial charge in [-0.2, -0.15) is 0 Å². The number of unbranched alkanes of at least 4 members (excludes halogenated alkanes) is 2. The Labute approximate surface area is 164 Å². The first kappa shape index (κ1) is 24.0. The molecule has 0 bridgehead atoms. The van der Waals surface area contributed by atoms with Crippen LogP contribution in [0.5, 0.6) is 0 Å². The van der Waals surface area contributed by atoms with E-state index in [4.69, 9.17) is 9.47 Å². The van der Waals surface area contributed by atoms with Crippen LogP contribution in [-0.2, 0) is 9.47 Å². The van der Waals surface area contributed by atoms with Crippen molar-refractivity contribution in [3.63, 3.8) is 0 Å². The maximum atomic E-state index is 12.3. The minimum Gasteiger partial charge on any atom is -0.427 e. The molecule has 0 aliphatic heterocycles. The molecule has 0 fully saturated rings. The van der Waals surface area contributed by atoms with Crippen molar-refractivity contribution in [2.75, 3.05) is 13.2 Å². The third kappa shape index (κ3) is 7.20. The average molecular weight is 398 g/mol. The molecule has 0 spiro atoms. The Hall–Kier alpha value is -2.00. The second-order valence-corrected chi connectivity index (χ2v) is 6.78. The zero-order chi connectivity index (χ0) is 21.2. The second kappa shape index (κ2) is 11.1. The van der Waals surface area contributed by atoms with Crippen molar-refractivity contribution in [3.05, 3.63) is 35.4 Å². The lowest BCUT2D eigenvalue weighted by molar-refractivity contribution is -0.193. The van der Waals surface area contributed by atoms with E-state index < -0.39 is 36.7 Å². The minimum absolute atomic E-state index is 0.0288. The lowest BCUT2D eigenvalue weighted by Gasteiger charge is -2.26. The summed E-state index contributed by atoms with van der Waals surface area (Å²) < 4.78 is 10.0. The molecule has 8 nitrogen and oxygen atoms in total. The van der Waals surface area contributed by atoms with Gasteiger partial charge < -0.3 is 29.9 Å². The number of ether oxygens (including phenoxy) is 2. The number of hydrogen-bond donors (Lipinski definition) is 4. The van der Waals surface area contributed by atoms with Gasteiger partial charge in [0.05, 0.1) is 11.1 Å². The largest absolute Gasteiger partial charge is 0.427 e. The van der Waals surface area contributed by atoms with E-state index in [1.54, 1.807) is 0 Å². The molecule has 0 saturated heterocycles. The molecule has 0 aromatic heterocycles. The van der Waals surface area contributed by atoms with Gasteiger partial charge in [-0.1, -0.05) is 32.8 Å². The molecule has 4 N–H and O–H groups in total. The molecule has 1 aromatic rings. The van der Waals surface area contributed by atoms with Crippen molar-refractivity contribution in [2.24, 2.45) is 0 Å². The maximum Gasteiger partial charge on any atom is 0.340 e. The summed E-state index contributed by atoms with van der Waals surface area (Å²) in [6, 6.07) is 5.37. The van der Waals surface area contributed by atoms with Crippen LogP contribution in [0.4, 0.5) is 0 Å². The van der Waals surface area contributed by atoms with Gasteiger partial charge in [0.2, 0.25) is 11.6 Å². The Morgan fingerprint density at radius 1 is 0.857 bits per heavy atom. The van der Waals surface area contributed by atoms with Crippen LogP contribution in [0, 0.1) is 0 Å². The van der Waals surface area contributed by atoms with E-state index in [2.05, 4.69) is 0 Å². The molecule has 8 heteroatoms. The monoisotopic (exact) mass is 398 g/mol. The topological polar surface area (TPSA) is 134 Å². The van der Waals surface area contributed by atoms with Crippen LogP contribution in [0.2, 0.25) is 0 Å². The Morgan fingerprint density at radius 3 is 1.57 bits per heavy atom. The van der Waals surface area contributed by atoms with Gasteiger partial charge in [0.1, 0.15) is 13.2 Å². The number of carbonyl (C=O) groups excluding carboxylic acids is 2. The summed E-state index contributed by atoms with van der Waals surface area (Å²) in [7, 11) is 0. The standard InChI is InChI=1S/C20H30O8/c1-3-5-10-19(25,13-21)27-17(23)15-8-7-9-16(12-15)18(24)28-20(26,14-22)11-6-4-2/h7-9,12,21-22,25-26H,3-6,10-11,13-14H2,1-2H3. The van der Waals surface area contributed by atoms with E-state index in [0.717, 1.165) is 12.8 Å². The number of aliphatic hydroxyl groups excluding tert-OH is 2. The molecule has 2 atom stereocenters. The summed E-state index contributed by atoms with van der Waals surface area (Å²) in [5.41, 5.74) is -0.0576. The van der Waals surface area contributed by atoms with Crippen molar-refractivity contribution < 1.29 is 39.5 Å². The van der Waals surface area contributed by atoms with E-state index in [0.29, 0.717) is 12.8 Å². The van der Waals surface area contributed by atoms with Crippen LogP contribution in [0.1, 0.15) is 73.1 Å². The fourth-order valence-corrected chi connectivity index (χ4v) is 2.47. The first-order chi connectivity index (χ1) is 13.2. The Morgan fingerprint density at radius 2 is 1.25 bits per heavy atom. The number of esters is 2. The summed E-state index contributed by atoms with van der Waals surface area (Å²) in [4.78, 5) is 24.6. The molecule has 158 valence electrons. The maximum absolute atomic E-state index is 12.3. The average Bonchev–Trinajstić information content (AvgIpc) is 2.70. The fraction of sp³-hybridized carbons (Fsp3) is 0.600. The van der Waals surface area contributed by atoms with E-state index in [1.165, 1.54) is 24.3 Å². The lowest BCUT2D eigenvalue weighted by atomic mass is 10.1. The zero-order valence-electron chi connectivity index (χ0n) is 16.4. The minimum atomic E-state index is -2.00. The van der Waals surface area contributed by atoms with Crippen LogP contribution < -0.4 is 0 Å². The van der Waals surface area contributed by atoms with Crippen molar-refractivity contribution in [1.82, 2.24) is 0 Å². The van der Waals surface area contributed by atoms with Crippen molar-refractivity contribution >= 4 is 11.9 Å². The summed E-state index contributed by atoms with van der Waals surface area (Å²) >= 11 is 0. The van der Waals surface area contributed by atoms with E-state index in [-0.39, 0.29) is 24.0 Å². The van der Waals surface area contributed by atoms with Crippen LogP contribution in [-0.4, -0.2) is 57.2 Å². The number of rotatable bonds is 12. The molecule has 0 saturated carbocycles. The molecular formula is C20H30O8. The fourth-order valence-electron chi connectivity index (χ4n) is 2.47. The molecule has 0 aliphatic rings. The molecule has 2 unspecified atom stereocenters. The number of hydrogen-bond acceptors (Lipinski definition) is 8. The van der Waals surface area contributed by atoms with Gasteiger partial charge in [0.25, 0.3) is 0 Å². The Kier molecular flexibility index (Phi) is 9.54.